The second-order valence-corrected chi connectivity index (χ2v) is 3.73. The molecule has 72 valence electrons. The van der Waals surface area contributed by atoms with Crippen molar-refractivity contribution in [2.24, 2.45) is 5.73 Å². The molecular formula is C6H10F3NOS. The van der Waals surface area contributed by atoms with Gasteiger partial charge >= 0.3 is 6.18 Å². The number of primary amides is 1. The maximum absolute atomic E-state index is 11.6. The number of alkyl halides is 3. The molecule has 0 spiro atoms. The van der Waals surface area contributed by atoms with Crippen LogP contribution in [0.1, 0.15) is 13.3 Å². The van der Waals surface area contributed by atoms with E-state index in [0.29, 0.717) is 0 Å². The van der Waals surface area contributed by atoms with Crippen molar-refractivity contribution in [1.82, 2.24) is 0 Å². The lowest BCUT2D eigenvalue weighted by Gasteiger charge is -2.08. The van der Waals surface area contributed by atoms with Crippen LogP contribution >= 0.6 is 11.8 Å². The van der Waals surface area contributed by atoms with Crippen molar-refractivity contribution in [3.05, 3.63) is 0 Å². The lowest BCUT2D eigenvalue weighted by atomic mass is 10.5. The van der Waals surface area contributed by atoms with Crippen molar-refractivity contribution in [2.45, 2.75) is 24.8 Å². The number of halogens is 3. The van der Waals surface area contributed by atoms with E-state index < -0.39 is 23.8 Å². The molecule has 0 heterocycles. The number of thioether (sulfide) groups is 1. The van der Waals surface area contributed by atoms with Gasteiger partial charge in [0, 0.05) is 5.75 Å². The van der Waals surface area contributed by atoms with Crippen molar-refractivity contribution in [2.75, 3.05) is 5.75 Å². The fraction of sp³-hybridized carbons (Fsp3) is 0.833. The number of hydrogen-bond donors (Lipinski definition) is 1. The Morgan fingerprint density at radius 2 is 2.08 bits per heavy atom. The molecule has 0 aromatic carbocycles. The standard InChI is InChI=1S/C6H10F3NOS/c1-4(5(10)11)12-3-2-6(7,8)9/h4H,2-3H2,1H3,(H2,10,11). The van der Waals surface area contributed by atoms with Crippen LogP contribution in [0.25, 0.3) is 0 Å². The minimum absolute atomic E-state index is 0.117. The van der Waals surface area contributed by atoms with Crippen LogP contribution in [-0.4, -0.2) is 23.1 Å². The Bertz CT molecular complexity index is 159. The second kappa shape index (κ2) is 4.59. The molecule has 0 aliphatic rings. The van der Waals surface area contributed by atoms with Crippen molar-refractivity contribution in [1.29, 1.82) is 0 Å². The van der Waals surface area contributed by atoms with Gasteiger partial charge in [-0.05, 0) is 6.92 Å². The average Bonchev–Trinajstić information content (AvgIpc) is 1.84. The highest BCUT2D eigenvalue weighted by molar-refractivity contribution is 8.00. The summed E-state index contributed by atoms with van der Waals surface area (Å²) in [4.78, 5) is 10.4. The van der Waals surface area contributed by atoms with Gasteiger partial charge in [0.05, 0.1) is 11.7 Å². The molecule has 0 aliphatic carbocycles. The smallest absolute Gasteiger partial charge is 0.369 e. The Balaban J connectivity index is 3.51. The lowest BCUT2D eigenvalue weighted by Crippen LogP contribution is -2.23. The number of nitrogens with two attached hydrogens (primary N) is 1. The van der Waals surface area contributed by atoms with E-state index in [1.165, 1.54) is 6.92 Å². The van der Waals surface area contributed by atoms with Gasteiger partial charge in [-0.1, -0.05) is 0 Å². The summed E-state index contributed by atoms with van der Waals surface area (Å²) in [6, 6.07) is 0. The van der Waals surface area contributed by atoms with Crippen molar-refractivity contribution >= 4 is 17.7 Å². The molecule has 0 aromatic rings. The van der Waals surface area contributed by atoms with Crippen LogP contribution in [-0.2, 0) is 4.79 Å². The van der Waals surface area contributed by atoms with Crippen LogP contribution in [0.4, 0.5) is 13.2 Å². The number of hydrogen-bond acceptors (Lipinski definition) is 2. The highest BCUT2D eigenvalue weighted by Crippen LogP contribution is 2.23. The predicted molar refractivity (Wildman–Crippen MR) is 41.8 cm³/mol. The molecule has 0 radical (unpaired) electrons. The number of amides is 1. The summed E-state index contributed by atoms with van der Waals surface area (Å²) >= 11 is 0.917. The first kappa shape index (κ1) is 11.6. The zero-order chi connectivity index (χ0) is 9.78. The van der Waals surface area contributed by atoms with E-state index in [2.05, 4.69) is 0 Å². The Kier molecular flexibility index (Phi) is 4.44. The van der Waals surface area contributed by atoms with E-state index in [-0.39, 0.29) is 5.75 Å². The Morgan fingerprint density at radius 1 is 1.58 bits per heavy atom. The Hall–Kier alpha value is -0.390. The zero-order valence-electron chi connectivity index (χ0n) is 6.52. The minimum atomic E-state index is -4.15. The van der Waals surface area contributed by atoms with Crippen LogP contribution in [0, 0.1) is 0 Å². The molecule has 0 fully saturated rings. The average molecular weight is 201 g/mol. The maximum Gasteiger partial charge on any atom is 0.389 e. The highest BCUT2D eigenvalue weighted by atomic mass is 32.2. The summed E-state index contributed by atoms with van der Waals surface area (Å²) in [5, 5.41) is -0.549. The minimum Gasteiger partial charge on any atom is -0.369 e. The summed E-state index contributed by atoms with van der Waals surface area (Å²) in [5.41, 5.74) is 4.84. The monoisotopic (exact) mass is 201 g/mol. The quantitative estimate of drug-likeness (QED) is 0.749. The van der Waals surface area contributed by atoms with E-state index in [1.807, 2.05) is 0 Å². The van der Waals surface area contributed by atoms with Crippen molar-refractivity contribution in [3.8, 4) is 0 Å². The predicted octanol–water partition coefficient (Wildman–Crippen LogP) is 1.55. The van der Waals surface area contributed by atoms with Gasteiger partial charge in [-0.25, -0.2) is 0 Å². The molecule has 0 saturated heterocycles. The molecule has 1 atom stereocenters. The van der Waals surface area contributed by atoms with E-state index in [1.54, 1.807) is 0 Å². The van der Waals surface area contributed by atoms with Crippen molar-refractivity contribution in [3.63, 3.8) is 0 Å². The third-order valence-corrected chi connectivity index (χ3v) is 2.33. The molecule has 12 heavy (non-hydrogen) atoms. The first-order chi connectivity index (χ1) is 5.33. The van der Waals surface area contributed by atoms with Gasteiger partial charge in [-0.2, -0.15) is 13.2 Å². The van der Waals surface area contributed by atoms with Gasteiger partial charge in [0.1, 0.15) is 0 Å². The highest BCUT2D eigenvalue weighted by Gasteiger charge is 2.26. The largest absolute Gasteiger partial charge is 0.389 e. The number of carbonyl (C=O) groups is 1. The summed E-state index contributed by atoms with van der Waals surface area (Å²) in [7, 11) is 0. The van der Waals surface area contributed by atoms with Crippen molar-refractivity contribution < 1.29 is 18.0 Å². The maximum atomic E-state index is 11.6. The topological polar surface area (TPSA) is 43.1 Å². The van der Waals surface area contributed by atoms with Gasteiger partial charge in [0.15, 0.2) is 0 Å². The van der Waals surface area contributed by atoms with E-state index in [0.717, 1.165) is 11.8 Å². The molecule has 1 unspecified atom stereocenters. The third-order valence-electron chi connectivity index (χ3n) is 1.15. The lowest BCUT2D eigenvalue weighted by molar-refractivity contribution is -0.129. The Labute approximate surface area is 72.7 Å². The van der Waals surface area contributed by atoms with E-state index in [9.17, 15) is 18.0 Å². The van der Waals surface area contributed by atoms with Crippen LogP contribution < -0.4 is 5.73 Å². The molecule has 0 saturated carbocycles. The van der Waals surface area contributed by atoms with Gasteiger partial charge in [0.25, 0.3) is 0 Å². The summed E-state index contributed by atoms with van der Waals surface area (Å²) in [6.45, 7) is 1.49. The first-order valence-corrected chi connectivity index (χ1v) is 4.35. The van der Waals surface area contributed by atoms with Crippen LogP contribution in [0.3, 0.4) is 0 Å². The zero-order valence-corrected chi connectivity index (χ0v) is 7.34. The van der Waals surface area contributed by atoms with Crippen LogP contribution in [0.2, 0.25) is 0 Å². The van der Waals surface area contributed by atoms with E-state index in [4.69, 9.17) is 5.73 Å². The number of rotatable bonds is 4. The SMILES string of the molecule is CC(SCCC(F)(F)F)C(N)=O. The molecule has 0 aliphatic heterocycles. The summed E-state index contributed by atoms with van der Waals surface area (Å²) in [6.07, 6.45) is -5.03. The number of carbonyl (C=O) groups excluding carboxylic acids is 1. The first-order valence-electron chi connectivity index (χ1n) is 3.30. The van der Waals surface area contributed by atoms with Gasteiger partial charge < -0.3 is 5.73 Å². The fourth-order valence-corrected chi connectivity index (χ4v) is 1.30. The molecular weight excluding hydrogens is 191 g/mol. The molecule has 2 N–H and O–H groups in total. The third kappa shape index (κ3) is 6.33. The van der Waals surface area contributed by atoms with Gasteiger partial charge in [-0.15, -0.1) is 11.8 Å². The molecule has 1 amide bonds. The molecule has 6 heteroatoms. The van der Waals surface area contributed by atoms with Gasteiger partial charge in [0.2, 0.25) is 5.91 Å². The molecule has 0 bridgehead atoms. The normalized spacial score (nSPS) is 14.3. The Morgan fingerprint density at radius 3 is 2.42 bits per heavy atom. The second-order valence-electron chi connectivity index (χ2n) is 2.28. The molecule has 0 aromatic heterocycles. The molecule has 2 nitrogen and oxygen atoms in total. The van der Waals surface area contributed by atoms with Crippen LogP contribution in [0.15, 0.2) is 0 Å². The summed E-state index contributed by atoms with van der Waals surface area (Å²) in [5.74, 6) is -0.699. The fourth-order valence-electron chi connectivity index (χ4n) is 0.434. The summed E-state index contributed by atoms with van der Waals surface area (Å²) < 4.78 is 34.7. The van der Waals surface area contributed by atoms with Gasteiger partial charge in [-0.3, -0.25) is 4.79 Å². The molecule has 0 rings (SSSR count). The van der Waals surface area contributed by atoms with E-state index >= 15 is 0 Å². The van der Waals surface area contributed by atoms with Crippen LogP contribution in [0.5, 0.6) is 0 Å².